The van der Waals surface area contributed by atoms with Gasteiger partial charge in [0, 0.05) is 17.9 Å². The third-order valence-electron chi connectivity index (χ3n) is 3.38. The van der Waals surface area contributed by atoms with Crippen molar-refractivity contribution in [3.8, 4) is 0 Å². The number of nitrogens with one attached hydrogen (secondary N) is 1. The molecule has 1 amide bonds. The first-order valence-corrected chi connectivity index (χ1v) is 6.93. The summed E-state index contributed by atoms with van der Waals surface area (Å²) in [6.45, 7) is -0.00559. The molecule has 0 atom stereocenters. The number of hydrogen-bond acceptors (Lipinski definition) is 2. The van der Waals surface area contributed by atoms with Crippen molar-refractivity contribution in [1.29, 1.82) is 0 Å². The number of hydrogen-bond donors (Lipinski definition) is 2. The van der Waals surface area contributed by atoms with Crippen LogP contribution in [0.25, 0.3) is 0 Å². The molecule has 1 fully saturated rings. The Kier molecular flexibility index (Phi) is 3.51. The molecule has 20 heavy (non-hydrogen) atoms. The molecule has 4 nitrogen and oxygen atoms in total. The normalized spacial score (nSPS) is 14.3. The van der Waals surface area contributed by atoms with E-state index in [4.69, 9.17) is 16.7 Å². The van der Waals surface area contributed by atoms with Gasteiger partial charge in [-0.05, 0) is 36.6 Å². The maximum Gasteiger partial charge on any atom is 0.272 e. The van der Waals surface area contributed by atoms with Gasteiger partial charge < -0.3 is 15.0 Å². The monoisotopic (exact) mass is 290 g/mol. The molecule has 0 aliphatic heterocycles. The molecule has 1 aromatic carbocycles. The van der Waals surface area contributed by atoms with Gasteiger partial charge in [0.2, 0.25) is 0 Å². The Morgan fingerprint density at radius 3 is 2.65 bits per heavy atom. The largest absolute Gasteiger partial charge is 0.392 e. The van der Waals surface area contributed by atoms with E-state index in [1.54, 1.807) is 30.3 Å². The molecule has 1 aliphatic carbocycles. The van der Waals surface area contributed by atoms with E-state index in [-0.39, 0.29) is 12.5 Å². The van der Waals surface area contributed by atoms with Crippen LogP contribution in [-0.4, -0.2) is 15.6 Å². The van der Waals surface area contributed by atoms with Gasteiger partial charge in [-0.15, -0.1) is 0 Å². The van der Waals surface area contributed by atoms with E-state index in [2.05, 4.69) is 5.32 Å². The van der Waals surface area contributed by atoms with E-state index in [1.807, 2.05) is 10.8 Å². The van der Waals surface area contributed by atoms with E-state index in [0.717, 1.165) is 18.4 Å². The fourth-order valence-electron chi connectivity index (χ4n) is 2.17. The molecule has 0 radical (unpaired) electrons. The van der Waals surface area contributed by atoms with E-state index >= 15 is 0 Å². The first-order valence-electron chi connectivity index (χ1n) is 6.56. The van der Waals surface area contributed by atoms with Gasteiger partial charge in [-0.1, -0.05) is 23.7 Å². The number of carbonyl (C=O) groups excluding carboxylic acids is 1. The number of rotatable bonds is 4. The molecular weight excluding hydrogens is 276 g/mol. The van der Waals surface area contributed by atoms with Crippen LogP contribution in [0.15, 0.2) is 36.5 Å². The number of amides is 1. The number of carbonyl (C=O) groups is 1. The van der Waals surface area contributed by atoms with Gasteiger partial charge in [-0.25, -0.2) is 0 Å². The minimum Gasteiger partial charge on any atom is -0.392 e. The Bertz CT molecular complexity index is 630. The Hall–Kier alpha value is -1.78. The van der Waals surface area contributed by atoms with Crippen LogP contribution in [0.1, 0.15) is 34.9 Å². The van der Waals surface area contributed by atoms with Crippen LogP contribution >= 0.6 is 11.6 Å². The number of aliphatic hydroxyl groups excluding tert-OH is 1. The number of benzene rings is 1. The first-order chi connectivity index (χ1) is 9.67. The van der Waals surface area contributed by atoms with Gasteiger partial charge in [0.1, 0.15) is 5.69 Å². The second-order valence-corrected chi connectivity index (χ2v) is 5.43. The molecular formula is C15H15ClN2O2. The van der Waals surface area contributed by atoms with E-state index in [0.29, 0.717) is 22.4 Å². The summed E-state index contributed by atoms with van der Waals surface area (Å²) >= 11 is 6.00. The highest BCUT2D eigenvalue weighted by atomic mass is 35.5. The highest BCUT2D eigenvalue weighted by Crippen LogP contribution is 2.37. The lowest BCUT2D eigenvalue weighted by Crippen LogP contribution is -2.16. The number of anilines is 1. The van der Waals surface area contributed by atoms with E-state index < -0.39 is 0 Å². The average molecular weight is 291 g/mol. The Balaban J connectivity index is 1.78. The quantitative estimate of drug-likeness (QED) is 0.908. The molecule has 1 aliphatic rings. The van der Waals surface area contributed by atoms with Crippen LogP contribution in [-0.2, 0) is 6.61 Å². The summed E-state index contributed by atoms with van der Waals surface area (Å²) in [5.74, 6) is -0.166. The number of nitrogens with zero attached hydrogens (tertiary/aromatic N) is 1. The lowest BCUT2D eigenvalue weighted by Gasteiger charge is -2.09. The van der Waals surface area contributed by atoms with Crippen LogP contribution in [0.3, 0.4) is 0 Å². The van der Waals surface area contributed by atoms with Gasteiger partial charge in [0.05, 0.1) is 11.6 Å². The Morgan fingerprint density at radius 2 is 2.05 bits per heavy atom. The topological polar surface area (TPSA) is 54.3 Å². The van der Waals surface area contributed by atoms with Gasteiger partial charge in [0.15, 0.2) is 0 Å². The zero-order valence-corrected chi connectivity index (χ0v) is 11.6. The minimum atomic E-state index is -0.166. The summed E-state index contributed by atoms with van der Waals surface area (Å²) in [5, 5.41) is 12.4. The molecule has 104 valence electrons. The van der Waals surface area contributed by atoms with Crippen molar-refractivity contribution in [3.05, 3.63) is 52.8 Å². The van der Waals surface area contributed by atoms with Gasteiger partial charge >= 0.3 is 0 Å². The fourth-order valence-corrected chi connectivity index (χ4v) is 2.38. The molecule has 0 saturated heterocycles. The Morgan fingerprint density at radius 1 is 1.35 bits per heavy atom. The molecule has 1 saturated carbocycles. The maximum atomic E-state index is 12.3. The van der Waals surface area contributed by atoms with Crippen molar-refractivity contribution in [1.82, 2.24) is 4.57 Å². The summed E-state index contributed by atoms with van der Waals surface area (Å²) in [5.41, 5.74) is 2.10. The highest BCUT2D eigenvalue weighted by molar-refractivity contribution is 6.31. The smallest absolute Gasteiger partial charge is 0.272 e. The highest BCUT2D eigenvalue weighted by Gasteiger charge is 2.27. The summed E-state index contributed by atoms with van der Waals surface area (Å²) in [7, 11) is 0. The number of aromatic nitrogens is 1. The molecule has 1 heterocycles. The van der Waals surface area contributed by atoms with Crippen LogP contribution in [0.5, 0.6) is 0 Å². The lowest BCUT2D eigenvalue weighted by molar-refractivity contribution is 0.101. The standard InChI is InChI=1S/C15H15ClN2O2/c16-11-7-14(18(8-11)13-5-6-13)15(20)17-12-3-1-10(9-19)2-4-12/h1-4,7-8,13,19H,5-6,9H2,(H,17,20). The Labute approximate surface area is 122 Å². The molecule has 3 rings (SSSR count). The van der Waals surface area contributed by atoms with Crippen molar-refractivity contribution < 1.29 is 9.90 Å². The lowest BCUT2D eigenvalue weighted by atomic mass is 10.2. The van der Waals surface area contributed by atoms with Gasteiger partial charge in [-0.3, -0.25) is 4.79 Å². The summed E-state index contributed by atoms with van der Waals surface area (Å²) in [6.07, 6.45) is 4.00. The van der Waals surface area contributed by atoms with E-state index in [9.17, 15) is 4.79 Å². The fraction of sp³-hybridized carbons (Fsp3) is 0.267. The third kappa shape index (κ3) is 2.71. The van der Waals surface area contributed by atoms with Gasteiger partial charge in [-0.2, -0.15) is 0 Å². The SMILES string of the molecule is O=C(Nc1ccc(CO)cc1)c1cc(Cl)cn1C1CC1. The van der Waals surface area contributed by atoms with Crippen LogP contribution in [0.4, 0.5) is 5.69 Å². The van der Waals surface area contributed by atoms with E-state index in [1.165, 1.54) is 0 Å². The van der Waals surface area contributed by atoms with Crippen molar-refractivity contribution in [2.75, 3.05) is 5.32 Å². The summed E-state index contributed by atoms with van der Waals surface area (Å²) < 4.78 is 1.94. The van der Waals surface area contributed by atoms with Crippen molar-refractivity contribution in [2.45, 2.75) is 25.5 Å². The predicted octanol–water partition coefficient (Wildman–Crippen LogP) is 3.22. The zero-order valence-electron chi connectivity index (χ0n) is 10.8. The van der Waals surface area contributed by atoms with Crippen molar-refractivity contribution in [3.63, 3.8) is 0 Å². The average Bonchev–Trinajstić information content (AvgIpc) is 3.22. The predicted molar refractivity (Wildman–Crippen MR) is 78.0 cm³/mol. The molecule has 2 aromatic rings. The molecule has 1 aromatic heterocycles. The zero-order chi connectivity index (χ0) is 14.1. The minimum absolute atomic E-state index is 0.00559. The van der Waals surface area contributed by atoms with Crippen molar-refractivity contribution >= 4 is 23.2 Å². The van der Waals surface area contributed by atoms with Crippen LogP contribution < -0.4 is 5.32 Å². The summed E-state index contributed by atoms with van der Waals surface area (Å²) in [6, 6.07) is 9.20. The molecule has 2 N–H and O–H groups in total. The van der Waals surface area contributed by atoms with Gasteiger partial charge in [0.25, 0.3) is 5.91 Å². The second kappa shape index (κ2) is 5.31. The first kappa shape index (κ1) is 13.2. The van der Waals surface area contributed by atoms with Crippen LogP contribution in [0.2, 0.25) is 5.02 Å². The molecule has 0 bridgehead atoms. The maximum absolute atomic E-state index is 12.3. The number of halogens is 1. The second-order valence-electron chi connectivity index (χ2n) is 4.99. The molecule has 5 heteroatoms. The third-order valence-corrected chi connectivity index (χ3v) is 3.59. The summed E-state index contributed by atoms with van der Waals surface area (Å²) in [4.78, 5) is 12.3. The molecule has 0 unspecified atom stereocenters. The number of aliphatic hydroxyl groups is 1. The molecule has 0 spiro atoms. The van der Waals surface area contributed by atoms with Crippen LogP contribution in [0, 0.1) is 0 Å². The van der Waals surface area contributed by atoms with Crippen molar-refractivity contribution in [2.24, 2.45) is 0 Å².